The Balaban J connectivity index is 1.99. The summed E-state index contributed by atoms with van der Waals surface area (Å²) in [7, 11) is 0. The third-order valence-electron chi connectivity index (χ3n) is 3.42. The summed E-state index contributed by atoms with van der Waals surface area (Å²) in [4.78, 5) is 16.5. The lowest BCUT2D eigenvalue weighted by atomic mass is 10.1. The SMILES string of the molecule is Cc1n[nH]c(C)c1Nc1nc(-c2ccccc2)c(CC(=O)O)s1. The number of aromatic amines is 1. The molecule has 0 aliphatic rings. The third kappa shape index (κ3) is 3.24. The standard InChI is InChI=1S/C16H16N4O2S/c1-9-14(10(2)20-19-9)17-16-18-15(11-6-4-3-5-7-11)12(23-16)8-13(21)22/h3-7H,8H2,1-2H3,(H,17,18)(H,19,20)(H,21,22). The van der Waals surface area contributed by atoms with Crippen LogP contribution in [0.15, 0.2) is 30.3 Å². The second-order valence-corrected chi connectivity index (χ2v) is 6.24. The van der Waals surface area contributed by atoms with Crippen molar-refractivity contribution in [2.75, 3.05) is 5.32 Å². The summed E-state index contributed by atoms with van der Waals surface area (Å²) in [5, 5.41) is 20.1. The largest absolute Gasteiger partial charge is 0.481 e. The first-order valence-corrected chi connectivity index (χ1v) is 7.91. The van der Waals surface area contributed by atoms with Crippen LogP contribution in [0.5, 0.6) is 0 Å². The van der Waals surface area contributed by atoms with E-state index in [0.29, 0.717) is 10.8 Å². The van der Waals surface area contributed by atoms with Crippen molar-refractivity contribution in [2.24, 2.45) is 0 Å². The maximum atomic E-state index is 11.1. The molecule has 6 nitrogen and oxygen atoms in total. The number of anilines is 2. The highest BCUT2D eigenvalue weighted by Gasteiger charge is 2.17. The van der Waals surface area contributed by atoms with Crippen LogP contribution in [0.1, 0.15) is 16.3 Å². The number of carboxylic acid groups (broad SMARTS) is 1. The lowest BCUT2D eigenvalue weighted by Crippen LogP contribution is -1.99. The van der Waals surface area contributed by atoms with Gasteiger partial charge in [0.2, 0.25) is 0 Å². The number of hydrogen-bond donors (Lipinski definition) is 3. The van der Waals surface area contributed by atoms with Crippen LogP contribution >= 0.6 is 11.3 Å². The fourth-order valence-electron chi connectivity index (χ4n) is 2.33. The van der Waals surface area contributed by atoms with Gasteiger partial charge in [-0.05, 0) is 13.8 Å². The number of nitrogens with one attached hydrogen (secondary N) is 2. The molecular formula is C16H16N4O2S. The van der Waals surface area contributed by atoms with Crippen LogP contribution in [0.2, 0.25) is 0 Å². The summed E-state index contributed by atoms with van der Waals surface area (Å²) in [5.41, 5.74) is 4.26. The van der Waals surface area contributed by atoms with E-state index in [-0.39, 0.29) is 6.42 Å². The predicted molar refractivity (Wildman–Crippen MR) is 90.2 cm³/mol. The molecule has 2 heterocycles. The second-order valence-electron chi connectivity index (χ2n) is 5.16. The Hall–Kier alpha value is -2.67. The first-order chi connectivity index (χ1) is 11.0. The highest BCUT2D eigenvalue weighted by Crippen LogP contribution is 2.34. The number of aromatic nitrogens is 3. The minimum atomic E-state index is -0.868. The fraction of sp³-hybridized carbons (Fsp3) is 0.188. The maximum Gasteiger partial charge on any atom is 0.308 e. The van der Waals surface area contributed by atoms with Crippen molar-refractivity contribution in [2.45, 2.75) is 20.3 Å². The van der Waals surface area contributed by atoms with Crippen molar-refractivity contribution in [1.82, 2.24) is 15.2 Å². The van der Waals surface area contributed by atoms with E-state index < -0.39 is 5.97 Å². The minimum absolute atomic E-state index is 0.0487. The van der Waals surface area contributed by atoms with Crippen molar-refractivity contribution in [3.8, 4) is 11.3 Å². The van der Waals surface area contributed by atoms with Gasteiger partial charge in [-0.1, -0.05) is 30.3 Å². The molecule has 0 spiro atoms. The molecule has 0 fully saturated rings. The quantitative estimate of drug-likeness (QED) is 0.666. The maximum absolute atomic E-state index is 11.1. The van der Waals surface area contributed by atoms with Crippen molar-refractivity contribution >= 4 is 28.1 Å². The van der Waals surface area contributed by atoms with E-state index in [0.717, 1.165) is 27.5 Å². The zero-order chi connectivity index (χ0) is 16.4. The Bertz CT molecular complexity index is 820. The number of carboxylic acids is 1. The van der Waals surface area contributed by atoms with Crippen LogP contribution in [0, 0.1) is 13.8 Å². The molecule has 23 heavy (non-hydrogen) atoms. The molecule has 0 saturated heterocycles. The molecule has 7 heteroatoms. The van der Waals surface area contributed by atoms with Crippen LogP contribution < -0.4 is 5.32 Å². The van der Waals surface area contributed by atoms with Crippen LogP contribution in [-0.4, -0.2) is 26.3 Å². The Morgan fingerprint density at radius 3 is 2.65 bits per heavy atom. The van der Waals surface area contributed by atoms with Crippen LogP contribution in [0.4, 0.5) is 10.8 Å². The zero-order valence-electron chi connectivity index (χ0n) is 12.8. The smallest absolute Gasteiger partial charge is 0.308 e. The molecule has 3 N–H and O–H groups in total. The molecule has 118 valence electrons. The van der Waals surface area contributed by atoms with Gasteiger partial charge in [-0.2, -0.15) is 5.10 Å². The molecule has 0 bridgehead atoms. The summed E-state index contributed by atoms with van der Waals surface area (Å²) in [6.45, 7) is 3.82. The molecule has 0 atom stereocenters. The molecule has 1 aromatic carbocycles. The zero-order valence-corrected chi connectivity index (χ0v) is 13.6. The number of aliphatic carboxylic acids is 1. The fourth-order valence-corrected chi connectivity index (χ4v) is 3.31. The molecule has 3 aromatic rings. The first kappa shape index (κ1) is 15.2. The lowest BCUT2D eigenvalue weighted by Gasteiger charge is -2.01. The van der Waals surface area contributed by atoms with Gasteiger partial charge in [-0.15, -0.1) is 11.3 Å². The lowest BCUT2D eigenvalue weighted by molar-refractivity contribution is -0.136. The van der Waals surface area contributed by atoms with E-state index in [1.54, 1.807) is 0 Å². The number of rotatable bonds is 5. The minimum Gasteiger partial charge on any atom is -0.481 e. The molecule has 0 radical (unpaired) electrons. The molecule has 3 rings (SSSR count). The highest BCUT2D eigenvalue weighted by molar-refractivity contribution is 7.16. The molecule has 0 unspecified atom stereocenters. The van der Waals surface area contributed by atoms with E-state index in [4.69, 9.17) is 5.11 Å². The van der Waals surface area contributed by atoms with Gasteiger partial charge in [0.05, 0.1) is 29.2 Å². The number of aryl methyl sites for hydroxylation is 2. The summed E-state index contributed by atoms with van der Waals surface area (Å²) in [6.07, 6.45) is -0.0487. The van der Waals surface area contributed by atoms with E-state index in [1.807, 2.05) is 44.2 Å². The summed E-state index contributed by atoms with van der Waals surface area (Å²) < 4.78 is 0. The number of benzene rings is 1. The Kier molecular flexibility index (Phi) is 4.12. The molecule has 0 aliphatic heterocycles. The van der Waals surface area contributed by atoms with E-state index in [9.17, 15) is 4.79 Å². The molecule has 0 amide bonds. The molecule has 2 aromatic heterocycles. The number of hydrogen-bond acceptors (Lipinski definition) is 5. The first-order valence-electron chi connectivity index (χ1n) is 7.10. The summed E-state index contributed by atoms with van der Waals surface area (Å²) >= 11 is 1.35. The third-order valence-corrected chi connectivity index (χ3v) is 4.39. The Labute approximate surface area is 137 Å². The number of carbonyl (C=O) groups is 1. The van der Waals surface area contributed by atoms with Crippen LogP contribution in [0.25, 0.3) is 11.3 Å². The Morgan fingerprint density at radius 1 is 1.30 bits per heavy atom. The summed E-state index contributed by atoms with van der Waals surface area (Å²) in [5.74, 6) is -0.868. The van der Waals surface area contributed by atoms with E-state index in [1.165, 1.54) is 11.3 Å². The molecular weight excluding hydrogens is 312 g/mol. The van der Waals surface area contributed by atoms with Gasteiger partial charge >= 0.3 is 5.97 Å². The van der Waals surface area contributed by atoms with Crippen molar-refractivity contribution < 1.29 is 9.90 Å². The summed E-state index contributed by atoms with van der Waals surface area (Å²) in [6, 6.07) is 9.61. The molecule has 0 saturated carbocycles. The van der Waals surface area contributed by atoms with Gasteiger partial charge in [0.1, 0.15) is 0 Å². The van der Waals surface area contributed by atoms with Crippen LogP contribution in [-0.2, 0) is 11.2 Å². The number of nitrogens with zero attached hydrogens (tertiary/aromatic N) is 2. The highest BCUT2D eigenvalue weighted by atomic mass is 32.1. The number of thiazole rings is 1. The van der Waals surface area contributed by atoms with Gasteiger partial charge in [-0.3, -0.25) is 9.89 Å². The van der Waals surface area contributed by atoms with Gasteiger partial charge in [0, 0.05) is 10.4 Å². The number of H-pyrrole nitrogens is 1. The van der Waals surface area contributed by atoms with Crippen molar-refractivity contribution in [3.63, 3.8) is 0 Å². The monoisotopic (exact) mass is 328 g/mol. The average Bonchev–Trinajstić information content (AvgIpc) is 3.06. The van der Waals surface area contributed by atoms with E-state index in [2.05, 4.69) is 20.5 Å². The van der Waals surface area contributed by atoms with Crippen molar-refractivity contribution in [3.05, 3.63) is 46.6 Å². The predicted octanol–water partition coefficient (Wildman–Crippen LogP) is 3.52. The second kappa shape index (κ2) is 6.21. The average molecular weight is 328 g/mol. The molecule has 0 aliphatic carbocycles. The van der Waals surface area contributed by atoms with Crippen molar-refractivity contribution in [1.29, 1.82) is 0 Å². The van der Waals surface area contributed by atoms with Gasteiger partial charge in [-0.25, -0.2) is 4.98 Å². The normalized spacial score (nSPS) is 10.7. The topological polar surface area (TPSA) is 90.9 Å². The van der Waals surface area contributed by atoms with Gasteiger partial charge < -0.3 is 10.4 Å². The Morgan fingerprint density at radius 2 is 2.04 bits per heavy atom. The van der Waals surface area contributed by atoms with E-state index >= 15 is 0 Å². The van der Waals surface area contributed by atoms with Crippen LogP contribution in [0.3, 0.4) is 0 Å². The van der Waals surface area contributed by atoms with Gasteiger partial charge in [0.25, 0.3) is 0 Å². The van der Waals surface area contributed by atoms with Gasteiger partial charge in [0.15, 0.2) is 5.13 Å².